The van der Waals surface area contributed by atoms with E-state index in [1.54, 1.807) is 0 Å². The molecule has 1 saturated carbocycles. The number of primary amides is 1. The molecule has 1 amide bonds. The molecule has 1 aliphatic rings. The summed E-state index contributed by atoms with van der Waals surface area (Å²) in [7, 11) is 0. The number of nitrogens with one attached hydrogen (secondary N) is 1. The zero-order chi connectivity index (χ0) is 20.7. The number of anilines is 1. The standard InChI is InChI=1S/C17H14F4N4O3/c18-11-4-9(3-10(5-11)17(19,20)21)16(1-2-16)8-24-15-13(14(22)26)6-12(7-23-15)25(27)28/h3-7H,1-2,8H2,(H2,22,26)(H,23,24). The van der Waals surface area contributed by atoms with Gasteiger partial charge in [0.2, 0.25) is 0 Å². The molecular weight excluding hydrogens is 384 g/mol. The predicted molar refractivity (Wildman–Crippen MR) is 90.2 cm³/mol. The van der Waals surface area contributed by atoms with Gasteiger partial charge in [0.05, 0.1) is 16.1 Å². The smallest absolute Gasteiger partial charge is 0.369 e. The first-order chi connectivity index (χ1) is 13.0. The van der Waals surface area contributed by atoms with Crippen molar-refractivity contribution in [2.24, 2.45) is 5.73 Å². The molecule has 3 N–H and O–H groups in total. The number of benzene rings is 1. The van der Waals surface area contributed by atoms with Crippen LogP contribution in [0.3, 0.4) is 0 Å². The summed E-state index contributed by atoms with van der Waals surface area (Å²) >= 11 is 0. The zero-order valence-corrected chi connectivity index (χ0v) is 14.2. The minimum absolute atomic E-state index is 0.0307. The first-order valence-corrected chi connectivity index (χ1v) is 8.08. The van der Waals surface area contributed by atoms with Crippen LogP contribution in [-0.2, 0) is 11.6 Å². The maximum Gasteiger partial charge on any atom is 0.416 e. The van der Waals surface area contributed by atoms with E-state index in [1.165, 1.54) is 0 Å². The first-order valence-electron chi connectivity index (χ1n) is 8.08. The van der Waals surface area contributed by atoms with Crippen molar-refractivity contribution in [3.8, 4) is 0 Å². The van der Waals surface area contributed by atoms with Crippen LogP contribution in [-0.4, -0.2) is 22.4 Å². The monoisotopic (exact) mass is 398 g/mol. The Morgan fingerprint density at radius 1 is 1.29 bits per heavy atom. The largest absolute Gasteiger partial charge is 0.416 e. The molecule has 2 aromatic rings. The third-order valence-electron chi connectivity index (χ3n) is 4.63. The summed E-state index contributed by atoms with van der Waals surface area (Å²) < 4.78 is 52.6. The summed E-state index contributed by atoms with van der Waals surface area (Å²) in [5.74, 6) is -1.98. The van der Waals surface area contributed by atoms with Gasteiger partial charge in [-0.2, -0.15) is 13.2 Å². The molecular formula is C17H14F4N4O3. The number of pyridine rings is 1. The molecule has 11 heteroatoms. The molecule has 1 aromatic carbocycles. The highest BCUT2D eigenvalue weighted by molar-refractivity contribution is 5.98. The van der Waals surface area contributed by atoms with E-state index in [1.807, 2.05) is 0 Å². The summed E-state index contributed by atoms with van der Waals surface area (Å²) in [6.07, 6.45) is -2.75. The van der Waals surface area contributed by atoms with Crippen LogP contribution in [0.1, 0.15) is 34.3 Å². The molecule has 3 rings (SSSR count). The maximum atomic E-state index is 13.7. The molecule has 7 nitrogen and oxygen atoms in total. The first kappa shape index (κ1) is 19.5. The van der Waals surface area contributed by atoms with Crippen molar-refractivity contribution >= 4 is 17.4 Å². The molecule has 0 radical (unpaired) electrons. The Bertz CT molecular complexity index is 958. The maximum absolute atomic E-state index is 13.7. The van der Waals surface area contributed by atoms with E-state index in [0.29, 0.717) is 18.9 Å². The highest BCUT2D eigenvalue weighted by Gasteiger charge is 2.45. The quantitative estimate of drug-likeness (QED) is 0.440. The lowest BCUT2D eigenvalue weighted by atomic mass is 9.93. The van der Waals surface area contributed by atoms with Gasteiger partial charge in [0.25, 0.3) is 11.6 Å². The van der Waals surface area contributed by atoms with Crippen LogP contribution in [0.25, 0.3) is 0 Å². The van der Waals surface area contributed by atoms with Gasteiger partial charge in [0, 0.05) is 18.0 Å². The lowest BCUT2D eigenvalue weighted by molar-refractivity contribution is -0.385. The van der Waals surface area contributed by atoms with Gasteiger partial charge >= 0.3 is 6.18 Å². The SMILES string of the molecule is NC(=O)c1cc([N+](=O)[O-])cnc1NCC1(c2cc(F)cc(C(F)(F)F)c2)CC1. The summed E-state index contributed by atoms with van der Waals surface area (Å²) in [4.78, 5) is 25.4. The van der Waals surface area contributed by atoms with Crippen LogP contribution >= 0.6 is 0 Å². The molecule has 0 spiro atoms. The Hall–Kier alpha value is -3.24. The molecule has 148 valence electrons. The van der Waals surface area contributed by atoms with Crippen molar-refractivity contribution in [1.82, 2.24) is 4.98 Å². The van der Waals surface area contributed by atoms with E-state index in [2.05, 4.69) is 10.3 Å². The molecule has 0 unspecified atom stereocenters. The number of carbonyl (C=O) groups excluding carboxylic acids is 1. The predicted octanol–water partition coefficient (Wildman–Crippen LogP) is 3.39. The van der Waals surface area contributed by atoms with E-state index >= 15 is 0 Å². The zero-order valence-electron chi connectivity index (χ0n) is 14.2. The second-order valence-electron chi connectivity index (χ2n) is 6.57. The Balaban J connectivity index is 1.87. The van der Waals surface area contributed by atoms with Gasteiger partial charge in [0.1, 0.15) is 17.8 Å². The third kappa shape index (κ3) is 3.87. The fraction of sp³-hybridized carbons (Fsp3) is 0.294. The molecule has 28 heavy (non-hydrogen) atoms. The lowest BCUT2D eigenvalue weighted by Gasteiger charge is -2.19. The molecule has 1 aliphatic carbocycles. The van der Waals surface area contributed by atoms with Crippen molar-refractivity contribution in [1.29, 1.82) is 0 Å². The van der Waals surface area contributed by atoms with Gasteiger partial charge in [-0.1, -0.05) is 0 Å². The minimum atomic E-state index is -4.68. The number of nitro groups is 1. The molecule has 0 atom stereocenters. The van der Waals surface area contributed by atoms with Crippen LogP contribution in [0.5, 0.6) is 0 Å². The van der Waals surface area contributed by atoms with Crippen LogP contribution < -0.4 is 11.1 Å². The second kappa shape index (κ2) is 6.73. The number of amides is 1. The fourth-order valence-corrected chi connectivity index (χ4v) is 2.91. The molecule has 0 aliphatic heterocycles. The minimum Gasteiger partial charge on any atom is -0.369 e. The number of nitrogens with two attached hydrogens (primary N) is 1. The summed E-state index contributed by atoms with van der Waals surface area (Å²) in [6, 6.07) is 3.33. The Kier molecular flexibility index (Phi) is 4.69. The number of halogens is 4. The van der Waals surface area contributed by atoms with Gasteiger partial charge in [-0.3, -0.25) is 14.9 Å². The normalized spacial score (nSPS) is 15.1. The second-order valence-corrected chi connectivity index (χ2v) is 6.57. The van der Waals surface area contributed by atoms with Crippen molar-refractivity contribution in [3.63, 3.8) is 0 Å². The molecule has 0 bridgehead atoms. The Morgan fingerprint density at radius 2 is 1.96 bits per heavy atom. The number of rotatable bonds is 6. The van der Waals surface area contributed by atoms with Crippen molar-refractivity contribution in [2.75, 3.05) is 11.9 Å². The number of alkyl halides is 3. The number of nitrogens with zero attached hydrogens (tertiary/aromatic N) is 2. The van der Waals surface area contributed by atoms with Gasteiger partial charge in [-0.05, 0) is 36.6 Å². The van der Waals surface area contributed by atoms with Crippen LogP contribution in [0.4, 0.5) is 29.1 Å². The van der Waals surface area contributed by atoms with E-state index in [0.717, 1.165) is 24.4 Å². The molecule has 1 fully saturated rings. The van der Waals surface area contributed by atoms with Crippen LogP contribution in [0.15, 0.2) is 30.5 Å². The van der Waals surface area contributed by atoms with E-state index in [4.69, 9.17) is 5.73 Å². The number of hydrogen-bond donors (Lipinski definition) is 2. The summed E-state index contributed by atoms with van der Waals surface area (Å²) in [6.45, 7) is 0.0544. The lowest BCUT2D eigenvalue weighted by Crippen LogP contribution is -2.23. The average molecular weight is 398 g/mol. The van der Waals surface area contributed by atoms with Crippen LogP contribution in [0.2, 0.25) is 0 Å². The van der Waals surface area contributed by atoms with Gasteiger partial charge in [0.15, 0.2) is 0 Å². The number of hydrogen-bond acceptors (Lipinski definition) is 5. The van der Waals surface area contributed by atoms with Crippen LogP contribution in [0, 0.1) is 15.9 Å². The topological polar surface area (TPSA) is 111 Å². The van der Waals surface area contributed by atoms with Gasteiger partial charge in [-0.25, -0.2) is 9.37 Å². The highest BCUT2D eigenvalue weighted by atomic mass is 19.4. The summed E-state index contributed by atoms with van der Waals surface area (Å²) in [5.41, 5.74) is 2.90. The summed E-state index contributed by atoms with van der Waals surface area (Å²) in [5, 5.41) is 13.6. The van der Waals surface area contributed by atoms with Gasteiger partial charge in [-0.15, -0.1) is 0 Å². The van der Waals surface area contributed by atoms with Crippen molar-refractivity contribution in [2.45, 2.75) is 24.4 Å². The molecule has 1 heterocycles. The highest BCUT2D eigenvalue weighted by Crippen LogP contribution is 2.49. The Morgan fingerprint density at radius 3 is 2.50 bits per heavy atom. The van der Waals surface area contributed by atoms with E-state index < -0.39 is 39.5 Å². The van der Waals surface area contributed by atoms with Crippen molar-refractivity contribution < 1.29 is 27.3 Å². The third-order valence-corrected chi connectivity index (χ3v) is 4.63. The van der Waals surface area contributed by atoms with Crippen molar-refractivity contribution in [3.05, 3.63) is 63.1 Å². The number of aromatic nitrogens is 1. The molecule has 1 aromatic heterocycles. The van der Waals surface area contributed by atoms with Gasteiger partial charge < -0.3 is 11.1 Å². The number of carbonyl (C=O) groups is 1. The van der Waals surface area contributed by atoms with E-state index in [9.17, 15) is 32.5 Å². The van der Waals surface area contributed by atoms with E-state index in [-0.39, 0.29) is 23.5 Å². The fourth-order valence-electron chi connectivity index (χ4n) is 2.91. The Labute approximate surface area is 155 Å². The average Bonchev–Trinajstić information content (AvgIpc) is 3.39. The molecule has 0 saturated heterocycles.